The maximum absolute atomic E-state index is 12.7. The molecule has 4 heterocycles. The highest BCUT2D eigenvalue weighted by Crippen LogP contribution is 2.37. The molecule has 1 saturated heterocycles. The molecule has 0 spiro atoms. The second-order valence-electron chi connectivity index (χ2n) is 8.78. The summed E-state index contributed by atoms with van der Waals surface area (Å²) in [6.45, 7) is 4.34. The van der Waals surface area contributed by atoms with Crippen LogP contribution in [0.2, 0.25) is 0 Å². The molecule has 0 aliphatic carbocycles. The fourth-order valence-electron chi connectivity index (χ4n) is 4.71. The molecule has 1 fully saturated rings. The second-order valence-corrected chi connectivity index (χ2v) is 10.3. The van der Waals surface area contributed by atoms with Gasteiger partial charge in [0.1, 0.15) is 5.82 Å². The third-order valence-corrected chi connectivity index (χ3v) is 7.50. The van der Waals surface area contributed by atoms with Crippen molar-refractivity contribution in [3.63, 3.8) is 0 Å². The Morgan fingerprint density at radius 2 is 1.94 bits per heavy atom. The van der Waals surface area contributed by atoms with Crippen molar-refractivity contribution in [2.75, 3.05) is 19.8 Å². The molecule has 5 rings (SSSR count). The SMILES string of the molecule is CC(=O)N1CCn2c(C3CCOCC3)nc(-c3cccc4cc(OS(=O)(=O)C(F)(F)F)ncc34)c2C1. The number of rotatable bonds is 4. The predicted octanol–water partition coefficient (Wildman–Crippen LogP) is 3.58. The maximum Gasteiger partial charge on any atom is 0.534 e. The number of nitrogens with zero attached hydrogens (tertiary/aromatic N) is 4. The molecule has 13 heteroatoms. The fourth-order valence-corrected chi connectivity index (χ4v) is 5.12. The van der Waals surface area contributed by atoms with E-state index in [0.29, 0.717) is 54.9 Å². The average Bonchev–Trinajstić information content (AvgIpc) is 3.22. The number of hydrogen-bond acceptors (Lipinski definition) is 7. The first-order chi connectivity index (χ1) is 17.0. The maximum atomic E-state index is 12.7. The van der Waals surface area contributed by atoms with Crippen molar-refractivity contribution in [1.29, 1.82) is 0 Å². The van der Waals surface area contributed by atoms with Gasteiger partial charge >= 0.3 is 15.6 Å². The Kier molecular flexibility index (Phi) is 6.15. The minimum Gasteiger partial charge on any atom is -0.381 e. The highest BCUT2D eigenvalue weighted by atomic mass is 32.2. The Bertz CT molecular complexity index is 1430. The predicted molar refractivity (Wildman–Crippen MR) is 122 cm³/mol. The van der Waals surface area contributed by atoms with E-state index >= 15 is 0 Å². The van der Waals surface area contributed by atoms with E-state index in [2.05, 4.69) is 13.7 Å². The number of imidazole rings is 1. The lowest BCUT2D eigenvalue weighted by Gasteiger charge is -2.30. The van der Waals surface area contributed by atoms with E-state index in [4.69, 9.17) is 9.72 Å². The molecule has 0 unspecified atom stereocenters. The van der Waals surface area contributed by atoms with Crippen molar-refractivity contribution < 1.29 is 35.3 Å². The van der Waals surface area contributed by atoms with Gasteiger partial charge in [-0.05, 0) is 18.2 Å². The minimum absolute atomic E-state index is 0.0479. The van der Waals surface area contributed by atoms with Gasteiger partial charge in [0.05, 0.1) is 17.9 Å². The number of carbonyl (C=O) groups is 1. The topological polar surface area (TPSA) is 104 Å². The fraction of sp³-hybridized carbons (Fsp3) is 0.435. The van der Waals surface area contributed by atoms with Crippen LogP contribution in [0.1, 0.15) is 37.2 Å². The summed E-state index contributed by atoms with van der Waals surface area (Å²) in [5, 5.41) is 0.997. The van der Waals surface area contributed by atoms with E-state index in [1.54, 1.807) is 17.0 Å². The number of benzene rings is 1. The lowest BCUT2D eigenvalue weighted by Crippen LogP contribution is -2.37. The summed E-state index contributed by atoms with van der Waals surface area (Å²) < 4.78 is 72.9. The van der Waals surface area contributed by atoms with Crippen molar-refractivity contribution in [3.05, 3.63) is 42.0 Å². The van der Waals surface area contributed by atoms with Crippen LogP contribution in [0.25, 0.3) is 22.0 Å². The molecule has 1 aromatic carbocycles. The van der Waals surface area contributed by atoms with E-state index in [9.17, 15) is 26.4 Å². The van der Waals surface area contributed by atoms with Gasteiger partial charge in [0.25, 0.3) is 0 Å². The molecule has 36 heavy (non-hydrogen) atoms. The van der Waals surface area contributed by atoms with Gasteiger partial charge in [0.2, 0.25) is 11.8 Å². The molecule has 0 N–H and O–H groups in total. The number of amides is 1. The molecule has 0 bridgehead atoms. The minimum atomic E-state index is -5.84. The zero-order chi connectivity index (χ0) is 25.7. The molecule has 0 saturated carbocycles. The first kappa shape index (κ1) is 24.5. The third-order valence-electron chi connectivity index (χ3n) is 6.54. The number of fused-ring (bicyclic) bond motifs is 2. The van der Waals surface area contributed by atoms with Crippen molar-refractivity contribution in [2.45, 2.75) is 44.3 Å². The molecule has 2 aromatic heterocycles. The Morgan fingerprint density at radius 1 is 1.19 bits per heavy atom. The molecule has 0 atom stereocenters. The summed E-state index contributed by atoms with van der Waals surface area (Å²) in [7, 11) is -5.84. The van der Waals surface area contributed by atoms with E-state index in [1.807, 2.05) is 6.07 Å². The average molecular weight is 525 g/mol. The quantitative estimate of drug-likeness (QED) is 0.380. The van der Waals surface area contributed by atoms with Crippen LogP contribution in [0.5, 0.6) is 5.88 Å². The number of alkyl halides is 3. The summed E-state index contributed by atoms with van der Waals surface area (Å²) in [6, 6.07) is 6.29. The monoisotopic (exact) mass is 524 g/mol. The Morgan fingerprint density at radius 3 is 2.64 bits per heavy atom. The van der Waals surface area contributed by atoms with Crippen molar-refractivity contribution in [2.24, 2.45) is 0 Å². The van der Waals surface area contributed by atoms with Crippen LogP contribution in [0.3, 0.4) is 0 Å². The van der Waals surface area contributed by atoms with Gasteiger partial charge in [-0.2, -0.15) is 21.6 Å². The molecule has 1 amide bonds. The largest absolute Gasteiger partial charge is 0.534 e. The summed E-state index contributed by atoms with van der Waals surface area (Å²) >= 11 is 0. The van der Waals surface area contributed by atoms with Crippen LogP contribution in [0, 0.1) is 0 Å². The highest BCUT2D eigenvalue weighted by molar-refractivity contribution is 7.87. The highest BCUT2D eigenvalue weighted by Gasteiger charge is 2.48. The number of ether oxygens (including phenoxy) is 1. The number of carbonyl (C=O) groups excluding carboxylic acids is 1. The third kappa shape index (κ3) is 4.41. The zero-order valence-electron chi connectivity index (χ0n) is 19.3. The van der Waals surface area contributed by atoms with E-state index in [-0.39, 0.29) is 11.8 Å². The molecule has 2 aliphatic rings. The van der Waals surface area contributed by atoms with Crippen LogP contribution >= 0.6 is 0 Å². The van der Waals surface area contributed by atoms with Gasteiger partial charge in [-0.25, -0.2) is 9.97 Å². The van der Waals surface area contributed by atoms with Gasteiger partial charge < -0.3 is 18.4 Å². The van der Waals surface area contributed by atoms with E-state index in [1.165, 1.54) is 13.1 Å². The smallest absolute Gasteiger partial charge is 0.381 e. The van der Waals surface area contributed by atoms with Crippen LogP contribution in [0.4, 0.5) is 13.2 Å². The lowest BCUT2D eigenvalue weighted by atomic mass is 9.99. The zero-order valence-corrected chi connectivity index (χ0v) is 20.1. The van der Waals surface area contributed by atoms with Crippen molar-refractivity contribution in [1.82, 2.24) is 19.4 Å². The van der Waals surface area contributed by atoms with Crippen LogP contribution in [-0.2, 0) is 32.7 Å². The number of aromatic nitrogens is 3. The number of hydrogen-bond donors (Lipinski definition) is 0. The molecule has 0 radical (unpaired) electrons. The van der Waals surface area contributed by atoms with Gasteiger partial charge in [-0.1, -0.05) is 18.2 Å². The first-order valence-electron chi connectivity index (χ1n) is 11.4. The van der Waals surface area contributed by atoms with E-state index < -0.39 is 21.5 Å². The van der Waals surface area contributed by atoms with E-state index in [0.717, 1.165) is 30.4 Å². The van der Waals surface area contributed by atoms with Crippen molar-refractivity contribution >= 4 is 26.8 Å². The molecule has 9 nitrogen and oxygen atoms in total. The van der Waals surface area contributed by atoms with Crippen molar-refractivity contribution in [3.8, 4) is 17.1 Å². The van der Waals surface area contributed by atoms with Crippen LogP contribution in [-0.4, -0.2) is 59.0 Å². The Balaban J connectivity index is 1.60. The van der Waals surface area contributed by atoms with Gasteiger partial charge in [-0.3, -0.25) is 4.79 Å². The van der Waals surface area contributed by atoms with Gasteiger partial charge in [0.15, 0.2) is 0 Å². The normalized spacial score (nSPS) is 17.3. The summed E-state index contributed by atoms with van der Waals surface area (Å²) in [5.41, 5.74) is -3.36. The molecule has 192 valence electrons. The standard InChI is InChI=1S/C23H23F3N4O5S/c1-14(31)29-7-8-30-19(13-29)21(28-22(30)15-5-9-34-10-6-15)17-4-2-3-16-11-20(27-12-18(16)17)35-36(32,33)23(24,25)26/h2-4,11-12,15H,5-10,13H2,1H3. The molecule has 2 aliphatic heterocycles. The summed E-state index contributed by atoms with van der Waals surface area (Å²) in [5.74, 6) is 0.395. The molecular formula is C23H23F3N4O5S. The summed E-state index contributed by atoms with van der Waals surface area (Å²) in [6.07, 6.45) is 2.94. The number of halogens is 3. The Hall–Kier alpha value is -3.19. The molecular weight excluding hydrogens is 501 g/mol. The van der Waals surface area contributed by atoms with Gasteiger partial charge in [-0.15, -0.1) is 0 Å². The Labute approximate surface area is 205 Å². The second kappa shape index (κ2) is 9.04. The summed E-state index contributed by atoms with van der Waals surface area (Å²) in [4.78, 5) is 22.7. The lowest BCUT2D eigenvalue weighted by molar-refractivity contribution is -0.130. The number of pyridine rings is 1. The molecule has 3 aromatic rings. The van der Waals surface area contributed by atoms with Gasteiger partial charge in [0, 0.05) is 62.4 Å². The van der Waals surface area contributed by atoms with Crippen LogP contribution in [0.15, 0.2) is 30.5 Å². The first-order valence-corrected chi connectivity index (χ1v) is 12.8. The van der Waals surface area contributed by atoms with Crippen LogP contribution < -0.4 is 4.18 Å².